The molecule has 0 N–H and O–H groups in total. The van der Waals surface area contributed by atoms with Crippen LogP contribution in [0, 0.1) is 5.92 Å². The summed E-state index contributed by atoms with van der Waals surface area (Å²) in [5, 5.41) is 0. The second-order valence-corrected chi connectivity index (χ2v) is 5.41. The number of nitrogens with zero attached hydrogens (tertiary/aromatic N) is 1. The molecule has 108 valence electrons. The maximum absolute atomic E-state index is 12.5. The van der Waals surface area contributed by atoms with E-state index in [1.54, 1.807) is 18.4 Å². The lowest BCUT2D eigenvalue weighted by molar-refractivity contribution is -0.140. The number of amides is 2. The Balaban J connectivity index is 1.77. The van der Waals surface area contributed by atoms with Crippen molar-refractivity contribution in [2.45, 2.75) is 25.8 Å². The Morgan fingerprint density at radius 2 is 1.95 bits per heavy atom. The Hall–Kier alpha value is -2.36. The third-order valence-corrected chi connectivity index (χ3v) is 4.10. The summed E-state index contributed by atoms with van der Waals surface area (Å²) in [5.74, 6) is 0.153. The number of hydrogen-bond acceptors (Lipinski definition) is 3. The topological polar surface area (TPSA) is 50.5 Å². The number of carbonyl (C=O) groups excluding carboxylic acids is 2. The summed E-state index contributed by atoms with van der Waals surface area (Å²) in [6.07, 6.45) is 1.82. The number of carbonyl (C=O) groups is 2. The first kappa shape index (κ1) is 13.6. The van der Waals surface area contributed by atoms with Crippen LogP contribution in [0.15, 0.2) is 53.1 Å². The number of likely N-dealkylation sites (tertiary alicyclic amines) is 1. The zero-order valence-corrected chi connectivity index (χ0v) is 11.9. The van der Waals surface area contributed by atoms with E-state index in [1.807, 2.05) is 37.3 Å². The van der Waals surface area contributed by atoms with Gasteiger partial charge in [0.1, 0.15) is 5.76 Å². The third kappa shape index (κ3) is 2.61. The van der Waals surface area contributed by atoms with Crippen molar-refractivity contribution < 1.29 is 14.0 Å². The SMILES string of the molecule is C[C@@H](c1ccccc1)[C@@H]1CC(=O)N(Cc2ccco2)C1=O. The number of imide groups is 1. The zero-order valence-electron chi connectivity index (χ0n) is 11.9. The number of furan rings is 1. The summed E-state index contributed by atoms with van der Waals surface area (Å²) >= 11 is 0. The van der Waals surface area contributed by atoms with Gasteiger partial charge in [0.2, 0.25) is 11.8 Å². The predicted octanol–water partition coefficient (Wildman–Crippen LogP) is 2.96. The van der Waals surface area contributed by atoms with E-state index in [0.29, 0.717) is 5.76 Å². The van der Waals surface area contributed by atoms with Crippen molar-refractivity contribution in [2.24, 2.45) is 5.92 Å². The molecule has 1 aliphatic rings. The van der Waals surface area contributed by atoms with Crippen LogP contribution in [0.4, 0.5) is 0 Å². The summed E-state index contributed by atoms with van der Waals surface area (Å²) in [6.45, 7) is 2.23. The monoisotopic (exact) mass is 283 g/mol. The van der Waals surface area contributed by atoms with Gasteiger partial charge in [0.05, 0.1) is 18.7 Å². The minimum absolute atomic E-state index is 0.0317. The van der Waals surface area contributed by atoms with Crippen molar-refractivity contribution in [3.05, 3.63) is 60.1 Å². The van der Waals surface area contributed by atoms with Gasteiger partial charge in [-0.1, -0.05) is 37.3 Å². The molecule has 4 nitrogen and oxygen atoms in total. The molecule has 0 spiro atoms. The molecule has 1 saturated heterocycles. The molecule has 0 bridgehead atoms. The molecule has 1 fully saturated rings. The fourth-order valence-corrected chi connectivity index (χ4v) is 2.81. The van der Waals surface area contributed by atoms with Crippen LogP contribution in [0.3, 0.4) is 0 Å². The lowest BCUT2D eigenvalue weighted by Crippen LogP contribution is -2.31. The average Bonchev–Trinajstić information content (AvgIpc) is 3.11. The van der Waals surface area contributed by atoms with Crippen LogP contribution in [0.5, 0.6) is 0 Å². The Labute approximate surface area is 123 Å². The molecular weight excluding hydrogens is 266 g/mol. The van der Waals surface area contributed by atoms with Crippen LogP contribution in [0.25, 0.3) is 0 Å². The molecular formula is C17H17NO3. The number of rotatable bonds is 4. The van der Waals surface area contributed by atoms with Gasteiger partial charge in [-0.3, -0.25) is 14.5 Å². The van der Waals surface area contributed by atoms with E-state index in [0.717, 1.165) is 5.56 Å². The third-order valence-electron chi connectivity index (χ3n) is 4.10. The van der Waals surface area contributed by atoms with E-state index in [9.17, 15) is 9.59 Å². The lowest BCUT2D eigenvalue weighted by atomic mass is 9.86. The van der Waals surface area contributed by atoms with Gasteiger partial charge >= 0.3 is 0 Å². The van der Waals surface area contributed by atoms with E-state index < -0.39 is 0 Å². The molecule has 2 heterocycles. The fraction of sp³-hybridized carbons (Fsp3) is 0.294. The highest BCUT2D eigenvalue weighted by Crippen LogP contribution is 2.34. The Morgan fingerprint density at radius 3 is 2.62 bits per heavy atom. The molecule has 2 amide bonds. The maximum Gasteiger partial charge on any atom is 0.233 e. The first-order chi connectivity index (χ1) is 10.2. The van der Waals surface area contributed by atoms with Crippen molar-refractivity contribution in [3.63, 3.8) is 0 Å². The normalized spacial score (nSPS) is 20.0. The van der Waals surface area contributed by atoms with Gasteiger partial charge in [-0.25, -0.2) is 0 Å². The molecule has 2 atom stereocenters. The van der Waals surface area contributed by atoms with E-state index in [2.05, 4.69) is 0 Å². The summed E-state index contributed by atoms with van der Waals surface area (Å²) in [5.41, 5.74) is 1.09. The van der Waals surface area contributed by atoms with Crippen LogP contribution in [-0.2, 0) is 16.1 Å². The second-order valence-electron chi connectivity index (χ2n) is 5.41. The first-order valence-corrected chi connectivity index (χ1v) is 7.08. The molecule has 21 heavy (non-hydrogen) atoms. The van der Waals surface area contributed by atoms with Gasteiger partial charge in [0.25, 0.3) is 0 Å². The number of hydrogen-bond donors (Lipinski definition) is 0. The van der Waals surface area contributed by atoms with E-state index >= 15 is 0 Å². The van der Waals surface area contributed by atoms with Crippen LogP contribution in [0.2, 0.25) is 0 Å². The Bertz CT molecular complexity index is 633. The maximum atomic E-state index is 12.5. The van der Waals surface area contributed by atoms with Gasteiger partial charge in [0.15, 0.2) is 0 Å². The summed E-state index contributed by atoms with van der Waals surface area (Å²) in [4.78, 5) is 25.9. The lowest BCUT2D eigenvalue weighted by Gasteiger charge is -2.18. The van der Waals surface area contributed by atoms with E-state index in [-0.39, 0.29) is 36.6 Å². The first-order valence-electron chi connectivity index (χ1n) is 7.08. The Morgan fingerprint density at radius 1 is 1.19 bits per heavy atom. The molecule has 1 aliphatic heterocycles. The van der Waals surface area contributed by atoms with Crippen molar-refractivity contribution in [1.82, 2.24) is 4.90 Å². The Kier molecular flexibility index (Phi) is 3.60. The zero-order chi connectivity index (χ0) is 14.8. The minimum Gasteiger partial charge on any atom is -0.467 e. The minimum atomic E-state index is -0.283. The van der Waals surface area contributed by atoms with Gasteiger partial charge in [-0.15, -0.1) is 0 Å². The molecule has 0 aliphatic carbocycles. The molecule has 1 aromatic heterocycles. The average molecular weight is 283 g/mol. The highest BCUT2D eigenvalue weighted by Gasteiger charge is 2.41. The van der Waals surface area contributed by atoms with E-state index in [4.69, 9.17) is 4.42 Å². The summed E-state index contributed by atoms with van der Waals surface area (Å²) in [7, 11) is 0. The predicted molar refractivity (Wildman–Crippen MR) is 77.2 cm³/mol. The summed E-state index contributed by atoms with van der Waals surface area (Å²) < 4.78 is 5.23. The van der Waals surface area contributed by atoms with Gasteiger partial charge in [-0.05, 0) is 23.6 Å². The van der Waals surface area contributed by atoms with Crippen molar-refractivity contribution >= 4 is 11.8 Å². The van der Waals surface area contributed by atoms with Gasteiger partial charge in [-0.2, -0.15) is 0 Å². The molecule has 4 heteroatoms. The van der Waals surface area contributed by atoms with Crippen LogP contribution >= 0.6 is 0 Å². The molecule has 0 saturated carbocycles. The summed E-state index contributed by atoms with van der Waals surface area (Å²) in [6, 6.07) is 13.4. The fourth-order valence-electron chi connectivity index (χ4n) is 2.81. The van der Waals surface area contributed by atoms with Crippen LogP contribution in [-0.4, -0.2) is 16.7 Å². The highest BCUT2D eigenvalue weighted by atomic mass is 16.3. The van der Waals surface area contributed by atoms with Crippen LogP contribution < -0.4 is 0 Å². The molecule has 0 unspecified atom stereocenters. The van der Waals surface area contributed by atoms with Crippen LogP contribution in [0.1, 0.15) is 30.6 Å². The standard InChI is InChI=1S/C17H17NO3/c1-12(13-6-3-2-4-7-13)15-10-16(19)18(17(15)20)11-14-8-5-9-21-14/h2-9,12,15H,10-11H2,1H3/t12-,15-/m0/s1. The quantitative estimate of drug-likeness (QED) is 0.811. The highest BCUT2D eigenvalue weighted by molar-refractivity contribution is 6.03. The largest absolute Gasteiger partial charge is 0.467 e. The second kappa shape index (κ2) is 5.56. The van der Waals surface area contributed by atoms with Gasteiger partial charge < -0.3 is 4.42 Å². The van der Waals surface area contributed by atoms with E-state index in [1.165, 1.54) is 4.90 Å². The number of benzene rings is 1. The molecule has 1 aromatic carbocycles. The van der Waals surface area contributed by atoms with Crippen molar-refractivity contribution in [1.29, 1.82) is 0 Å². The van der Waals surface area contributed by atoms with Gasteiger partial charge in [0, 0.05) is 6.42 Å². The molecule has 3 rings (SSSR count). The molecule has 0 radical (unpaired) electrons. The molecule has 2 aromatic rings. The smallest absolute Gasteiger partial charge is 0.233 e. The van der Waals surface area contributed by atoms with Crippen molar-refractivity contribution in [3.8, 4) is 0 Å². The van der Waals surface area contributed by atoms with Crippen molar-refractivity contribution in [2.75, 3.05) is 0 Å².